The lowest BCUT2D eigenvalue weighted by molar-refractivity contribution is -0.123. The molecule has 1 N–H and O–H groups in total. The summed E-state index contributed by atoms with van der Waals surface area (Å²) in [5, 5.41) is 3.89. The van der Waals surface area contributed by atoms with Gasteiger partial charge in [-0.25, -0.2) is 5.43 Å². The van der Waals surface area contributed by atoms with Gasteiger partial charge in [0.1, 0.15) is 5.75 Å². The Balaban J connectivity index is 1.83. The highest BCUT2D eigenvalue weighted by molar-refractivity contribution is 9.11. The molecular weight excluding hydrogens is 480 g/mol. The summed E-state index contributed by atoms with van der Waals surface area (Å²) in [4.78, 5) is 11.7. The number of rotatable bonds is 5. The highest BCUT2D eigenvalue weighted by atomic mass is 79.9. The van der Waals surface area contributed by atoms with E-state index in [9.17, 15) is 4.79 Å². The molecular formula is C15H11Br3N2O2. The zero-order valence-corrected chi connectivity index (χ0v) is 16.0. The maximum atomic E-state index is 11.7. The Labute approximate surface area is 153 Å². The van der Waals surface area contributed by atoms with Crippen molar-refractivity contribution in [2.45, 2.75) is 0 Å². The Morgan fingerprint density at radius 1 is 1.14 bits per heavy atom. The van der Waals surface area contributed by atoms with Crippen LogP contribution in [0.15, 0.2) is 61.0 Å². The molecule has 0 heterocycles. The number of nitrogens with zero attached hydrogens (tertiary/aromatic N) is 1. The van der Waals surface area contributed by atoms with Gasteiger partial charge in [-0.05, 0) is 51.8 Å². The van der Waals surface area contributed by atoms with Crippen molar-refractivity contribution in [2.75, 3.05) is 6.61 Å². The van der Waals surface area contributed by atoms with Gasteiger partial charge in [0.25, 0.3) is 5.91 Å². The molecule has 0 bridgehead atoms. The van der Waals surface area contributed by atoms with E-state index in [1.165, 1.54) is 0 Å². The summed E-state index contributed by atoms with van der Waals surface area (Å²) in [6.07, 6.45) is 1.57. The molecule has 0 aliphatic rings. The third kappa shape index (κ3) is 5.55. The molecule has 2 aromatic carbocycles. The van der Waals surface area contributed by atoms with Gasteiger partial charge in [0.05, 0.1) is 10.7 Å². The van der Waals surface area contributed by atoms with Crippen LogP contribution < -0.4 is 10.2 Å². The van der Waals surface area contributed by atoms with Crippen molar-refractivity contribution in [1.82, 2.24) is 5.43 Å². The first-order valence-electron chi connectivity index (χ1n) is 6.20. The molecule has 4 nitrogen and oxygen atoms in total. The molecule has 1 amide bonds. The predicted molar refractivity (Wildman–Crippen MR) is 97.2 cm³/mol. The lowest BCUT2D eigenvalue weighted by Gasteiger charge is -2.07. The number of carbonyl (C=O) groups is 1. The quantitative estimate of drug-likeness (QED) is 0.495. The molecule has 0 saturated heterocycles. The zero-order chi connectivity index (χ0) is 15.9. The third-order valence-corrected chi connectivity index (χ3v) is 4.11. The van der Waals surface area contributed by atoms with Crippen LogP contribution in [0.25, 0.3) is 0 Å². The first kappa shape index (κ1) is 17.2. The minimum Gasteiger partial charge on any atom is -0.483 e. The summed E-state index contributed by atoms with van der Waals surface area (Å²) in [7, 11) is 0. The lowest BCUT2D eigenvalue weighted by atomic mass is 10.2. The summed E-state index contributed by atoms with van der Waals surface area (Å²) in [5.74, 6) is 0.260. The fourth-order valence-corrected chi connectivity index (χ4v) is 3.11. The highest BCUT2D eigenvalue weighted by Gasteiger charge is 2.05. The van der Waals surface area contributed by atoms with Gasteiger partial charge in [-0.3, -0.25) is 4.79 Å². The smallest absolute Gasteiger partial charge is 0.277 e. The van der Waals surface area contributed by atoms with E-state index in [0.717, 1.165) is 19.0 Å². The van der Waals surface area contributed by atoms with Gasteiger partial charge in [-0.1, -0.05) is 44.0 Å². The van der Waals surface area contributed by atoms with Crippen LogP contribution in [0.4, 0.5) is 0 Å². The molecule has 0 aliphatic carbocycles. The second-order valence-electron chi connectivity index (χ2n) is 4.21. The van der Waals surface area contributed by atoms with Gasteiger partial charge in [-0.15, -0.1) is 0 Å². The van der Waals surface area contributed by atoms with Crippen molar-refractivity contribution in [3.63, 3.8) is 0 Å². The predicted octanol–water partition coefficient (Wildman–Crippen LogP) is 4.50. The molecule has 0 aromatic heterocycles. The van der Waals surface area contributed by atoms with Crippen LogP contribution in [-0.4, -0.2) is 18.7 Å². The first-order chi connectivity index (χ1) is 10.5. The van der Waals surface area contributed by atoms with Gasteiger partial charge in [-0.2, -0.15) is 5.10 Å². The molecule has 0 saturated carbocycles. The fourth-order valence-electron chi connectivity index (χ4n) is 1.53. The number of hydrogen-bond donors (Lipinski definition) is 1. The number of carbonyl (C=O) groups excluding carboxylic acids is 1. The van der Waals surface area contributed by atoms with Crippen LogP contribution in [0.1, 0.15) is 5.56 Å². The topological polar surface area (TPSA) is 50.7 Å². The second-order valence-corrected chi connectivity index (χ2v) is 6.90. The summed E-state index contributed by atoms with van der Waals surface area (Å²) < 4.78 is 8.06. The maximum absolute atomic E-state index is 11.7. The van der Waals surface area contributed by atoms with E-state index in [0.29, 0.717) is 5.75 Å². The third-order valence-electron chi connectivity index (χ3n) is 2.50. The molecule has 0 spiro atoms. The highest BCUT2D eigenvalue weighted by Crippen LogP contribution is 2.28. The van der Waals surface area contributed by atoms with Crippen LogP contribution in [-0.2, 0) is 4.79 Å². The molecule has 2 aromatic rings. The summed E-state index contributed by atoms with van der Waals surface area (Å²) in [5.41, 5.74) is 3.30. The van der Waals surface area contributed by atoms with E-state index in [1.54, 1.807) is 12.3 Å². The van der Waals surface area contributed by atoms with Gasteiger partial charge in [0.15, 0.2) is 6.61 Å². The van der Waals surface area contributed by atoms with Gasteiger partial charge in [0, 0.05) is 8.95 Å². The molecule has 114 valence electrons. The van der Waals surface area contributed by atoms with Gasteiger partial charge in [0.2, 0.25) is 0 Å². The Bertz CT molecular complexity index is 705. The molecule has 0 radical (unpaired) electrons. The summed E-state index contributed by atoms with van der Waals surface area (Å²) in [6, 6.07) is 13.0. The number of nitrogens with one attached hydrogen (secondary N) is 1. The Morgan fingerprint density at radius 3 is 2.64 bits per heavy atom. The van der Waals surface area contributed by atoms with Crippen molar-refractivity contribution >= 4 is 59.9 Å². The molecule has 0 fully saturated rings. The normalized spacial score (nSPS) is 10.7. The SMILES string of the molecule is O=C(COc1ccc(Br)cc1Br)N/N=C/c1cccc(Br)c1. The maximum Gasteiger partial charge on any atom is 0.277 e. The van der Waals surface area contributed by atoms with E-state index in [2.05, 4.69) is 58.3 Å². The minimum absolute atomic E-state index is 0.115. The van der Waals surface area contributed by atoms with Crippen LogP contribution in [0.5, 0.6) is 5.75 Å². The van der Waals surface area contributed by atoms with Crippen LogP contribution in [0.3, 0.4) is 0 Å². The zero-order valence-electron chi connectivity index (χ0n) is 11.2. The number of halogens is 3. The fraction of sp³-hybridized carbons (Fsp3) is 0.0667. The lowest BCUT2D eigenvalue weighted by Crippen LogP contribution is -2.24. The molecule has 0 atom stereocenters. The molecule has 0 aliphatic heterocycles. The molecule has 22 heavy (non-hydrogen) atoms. The van der Waals surface area contributed by atoms with Crippen LogP contribution >= 0.6 is 47.8 Å². The Kier molecular flexibility index (Phi) is 6.60. The summed E-state index contributed by atoms with van der Waals surface area (Å²) >= 11 is 10.1. The number of hydrogen-bond acceptors (Lipinski definition) is 3. The second kappa shape index (κ2) is 8.45. The van der Waals surface area contributed by atoms with Crippen molar-refractivity contribution in [3.8, 4) is 5.75 Å². The van der Waals surface area contributed by atoms with Crippen molar-refractivity contribution < 1.29 is 9.53 Å². The van der Waals surface area contributed by atoms with Gasteiger partial charge >= 0.3 is 0 Å². The first-order valence-corrected chi connectivity index (χ1v) is 8.58. The molecule has 2 rings (SSSR count). The number of benzene rings is 2. The van der Waals surface area contributed by atoms with Crippen molar-refractivity contribution in [1.29, 1.82) is 0 Å². The number of ether oxygens (including phenoxy) is 1. The summed E-state index contributed by atoms with van der Waals surface area (Å²) in [6.45, 7) is -0.115. The van der Waals surface area contributed by atoms with Crippen molar-refractivity contribution in [3.05, 3.63) is 61.4 Å². The van der Waals surface area contributed by atoms with Crippen LogP contribution in [0.2, 0.25) is 0 Å². The average molecular weight is 491 g/mol. The average Bonchev–Trinajstić information content (AvgIpc) is 2.46. The molecule has 7 heteroatoms. The van der Waals surface area contributed by atoms with Crippen molar-refractivity contribution in [2.24, 2.45) is 5.10 Å². The minimum atomic E-state index is -0.332. The Morgan fingerprint density at radius 2 is 1.91 bits per heavy atom. The standard InChI is InChI=1S/C15H11Br3N2O2/c16-11-3-1-2-10(6-11)8-19-20-15(21)9-22-14-5-4-12(17)7-13(14)18/h1-8H,9H2,(H,20,21)/b19-8+. The van der Waals surface area contributed by atoms with Gasteiger partial charge < -0.3 is 4.74 Å². The van der Waals surface area contributed by atoms with E-state index in [4.69, 9.17) is 4.74 Å². The van der Waals surface area contributed by atoms with E-state index in [1.807, 2.05) is 36.4 Å². The largest absolute Gasteiger partial charge is 0.483 e. The van der Waals surface area contributed by atoms with E-state index in [-0.39, 0.29) is 12.5 Å². The molecule has 0 unspecified atom stereocenters. The van der Waals surface area contributed by atoms with E-state index >= 15 is 0 Å². The van der Waals surface area contributed by atoms with Crippen LogP contribution in [0, 0.1) is 0 Å². The van der Waals surface area contributed by atoms with E-state index < -0.39 is 0 Å². The Hall–Kier alpha value is -1.18. The monoisotopic (exact) mass is 488 g/mol. The number of hydrazone groups is 1. The number of amides is 1.